The van der Waals surface area contributed by atoms with Crippen LogP contribution in [0.5, 0.6) is 5.75 Å². The fraction of sp³-hybridized carbons (Fsp3) is 0.261. The van der Waals surface area contributed by atoms with E-state index in [-0.39, 0.29) is 11.7 Å². The summed E-state index contributed by atoms with van der Waals surface area (Å²) >= 11 is 0. The molecule has 0 aliphatic rings. The van der Waals surface area contributed by atoms with Gasteiger partial charge >= 0.3 is 5.97 Å². The van der Waals surface area contributed by atoms with Crippen LogP contribution in [0.15, 0.2) is 51.3 Å². The lowest BCUT2D eigenvalue weighted by Gasteiger charge is -2.08. The van der Waals surface area contributed by atoms with Gasteiger partial charge in [-0.1, -0.05) is 17.7 Å². The predicted octanol–water partition coefficient (Wildman–Crippen LogP) is 5.42. The minimum Gasteiger partial charge on any atom is -0.494 e. The maximum atomic E-state index is 12.7. The van der Waals surface area contributed by atoms with Gasteiger partial charge in [0.1, 0.15) is 11.3 Å². The summed E-state index contributed by atoms with van der Waals surface area (Å²) < 4.78 is 22.5. The maximum absolute atomic E-state index is 12.7. The number of rotatable bonds is 6. The van der Waals surface area contributed by atoms with Crippen LogP contribution in [0.4, 0.5) is 0 Å². The molecule has 4 aromatic rings. The Balaban J connectivity index is 1.52. The number of ether oxygens (including phenoxy) is 2. The summed E-state index contributed by atoms with van der Waals surface area (Å²) in [6, 6.07) is 13.2. The van der Waals surface area contributed by atoms with Gasteiger partial charge in [0.2, 0.25) is 11.7 Å². The highest BCUT2D eigenvalue weighted by Crippen LogP contribution is 2.30. The molecule has 2 heterocycles. The largest absolute Gasteiger partial charge is 0.494 e. The van der Waals surface area contributed by atoms with Crippen molar-refractivity contribution in [2.24, 2.45) is 0 Å². The van der Waals surface area contributed by atoms with E-state index in [2.05, 4.69) is 10.2 Å². The molecule has 7 nitrogen and oxygen atoms in total. The van der Waals surface area contributed by atoms with Crippen LogP contribution in [-0.4, -0.2) is 22.8 Å². The van der Waals surface area contributed by atoms with E-state index < -0.39 is 12.1 Å². The van der Waals surface area contributed by atoms with E-state index in [1.54, 1.807) is 19.1 Å². The van der Waals surface area contributed by atoms with Crippen LogP contribution in [-0.2, 0) is 4.74 Å². The highest BCUT2D eigenvalue weighted by atomic mass is 16.6. The first-order chi connectivity index (χ1) is 14.5. The zero-order valence-corrected chi connectivity index (χ0v) is 17.3. The van der Waals surface area contributed by atoms with Gasteiger partial charge in [-0.15, -0.1) is 10.2 Å². The Hall–Kier alpha value is -3.61. The Kier molecular flexibility index (Phi) is 5.27. The van der Waals surface area contributed by atoms with Gasteiger partial charge < -0.3 is 18.3 Å². The summed E-state index contributed by atoms with van der Waals surface area (Å²) in [6.45, 7) is 7.96. The summed E-state index contributed by atoms with van der Waals surface area (Å²) in [5.74, 6) is 0.854. The Morgan fingerprint density at radius 3 is 2.57 bits per heavy atom. The number of carbonyl (C=O) groups excluding carboxylic acids is 1. The van der Waals surface area contributed by atoms with Crippen molar-refractivity contribution in [1.82, 2.24) is 10.2 Å². The van der Waals surface area contributed by atoms with Crippen molar-refractivity contribution in [2.45, 2.75) is 33.8 Å². The molecule has 1 atom stereocenters. The number of furan rings is 1. The molecule has 154 valence electrons. The van der Waals surface area contributed by atoms with Crippen molar-refractivity contribution < 1.29 is 23.1 Å². The average Bonchev–Trinajstić information content (AvgIpc) is 3.35. The molecule has 0 aliphatic carbocycles. The van der Waals surface area contributed by atoms with Crippen molar-refractivity contribution in [3.8, 4) is 17.2 Å². The predicted molar refractivity (Wildman–Crippen MR) is 110 cm³/mol. The number of aromatic nitrogens is 2. The van der Waals surface area contributed by atoms with Gasteiger partial charge in [0.25, 0.3) is 5.89 Å². The summed E-state index contributed by atoms with van der Waals surface area (Å²) in [5.41, 5.74) is 3.22. The van der Waals surface area contributed by atoms with Gasteiger partial charge in [-0.25, -0.2) is 4.79 Å². The van der Waals surface area contributed by atoms with E-state index in [1.165, 1.54) is 0 Å². The second kappa shape index (κ2) is 8.02. The molecule has 0 N–H and O–H groups in total. The van der Waals surface area contributed by atoms with Gasteiger partial charge in [-0.2, -0.15) is 0 Å². The number of carbonyl (C=O) groups is 1. The monoisotopic (exact) mass is 406 g/mol. The standard InChI is InChI=1S/C23H22N2O5/c1-5-27-17-10-11-19-18(12-17)14(3)20(29-19)23(26)28-15(4)21-24-25-22(30-21)16-8-6-13(2)7-9-16/h6-12,15H,5H2,1-4H3/t15-/m1/s1. The van der Waals surface area contributed by atoms with Crippen LogP contribution in [0.3, 0.4) is 0 Å². The van der Waals surface area contributed by atoms with E-state index in [9.17, 15) is 4.79 Å². The Bertz CT molecular complexity index is 1190. The Morgan fingerprint density at radius 2 is 1.83 bits per heavy atom. The number of aryl methyl sites for hydroxylation is 2. The van der Waals surface area contributed by atoms with E-state index in [0.29, 0.717) is 23.6 Å². The molecule has 0 bridgehead atoms. The summed E-state index contributed by atoms with van der Waals surface area (Å²) in [4.78, 5) is 12.7. The first kappa shape index (κ1) is 19.7. The zero-order chi connectivity index (χ0) is 21.3. The molecule has 0 amide bonds. The molecule has 7 heteroatoms. The van der Waals surface area contributed by atoms with Crippen molar-refractivity contribution >= 4 is 16.9 Å². The van der Waals surface area contributed by atoms with Crippen molar-refractivity contribution in [3.63, 3.8) is 0 Å². The van der Waals surface area contributed by atoms with Gasteiger partial charge in [-0.05, 0) is 58.0 Å². The van der Waals surface area contributed by atoms with Crippen molar-refractivity contribution in [2.75, 3.05) is 6.61 Å². The molecular weight excluding hydrogens is 384 g/mol. The van der Waals surface area contributed by atoms with Gasteiger partial charge in [0, 0.05) is 16.5 Å². The zero-order valence-electron chi connectivity index (χ0n) is 17.3. The number of fused-ring (bicyclic) bond motifs is 1. The molecule has 0 spiro atoms. The third kappa shape index (κ3) is 3.78. The number of nitrogens with zero attached hydrogens (tertiary/aromatic N) is 2. The third-order valence-corrected chi connectivity index (χ3v) is 4.77. The normalized spacial score (nSPS) is 12.1. The first-order valence-corrected chi connectivity index (χ1v) is 9.73. The highest BCUT2D eigenvalue weighted by Gasteiger charge is 2.24. The maximum Gasteiger partial charge on any atom is 0.375 e. The minimum atomic E-state index is -0.726. The summed E-state index contributed by atoms with van der Waals surface area (Å²) in [6.07, 6.45) is -0.726. The fourth-order valence-corrected chi connectivity index (χ4v) is 3.13. The minimum absolute atomic E-state index is 0.142. The van der Waals surface area contributed by atoms with Gasteiger partial charge in [-0.3, -0.25) is 0 Å². The summed E-state index contributed by atoms with van der Waals surface area (Å²) in [5, 5.41) is 8.87. The smallest absolute Gasteiger partial charge is 0.375 e. The molecule has 0 radical (unpaired) electrons. The number of benzene rings is 2. The van der Waals surface area contributed by atoms with Crippen LogP contribution in [0.25, 0.3) is 22.4 Å². The highest BCUT2D eigenvalue weighted by molar-refractivity contribution is 5.96. The molecule has 0 unspecified atom stereocenters. The topological polar surface area (TPSA) is 87.6 Å². The Morgan fingerprint density at radius 1 is 1.07 bits per heavy atom. The van der Waals surface area contributed by atoms with Crippen LogP contribution in [0.1, 0.15) is 47.5 Å². The first-order valence-electron chi connectivity index (χ1n) is 9.73. The average molecular weight is 406 g/mol. The summed E-state index contributed by atoms with van der Waals surface area (Å²) in [7, 11) is 0. The Labute approximate surface area is 173 Å². The fourth-order valence-electron chi connectivity index (χ4n) is 3.13. The van der Waals surface area contributed by atoms with Crippen LogP contribution in [0.2, 0.25) is 0 Å². The van der Waals surface area contributed by atoms with Crippen LogP contribution >= 0.6 is 0 Å². The molecule has 2 aromatic heterocycles. The van der Waals surface area contributed by atoms with Gasteiger partial charge in [0.15, 0.2) is 6.10 Å². The third-order valence-electron chi connectivity index (χ3n) is 4.77. The van der Waals surface area contributed by atoms with E-state index >= 15 is 0 Å². The SMILES string of the molecule is CCOc1ccc2oc(C(=O)O[C@H](C)c3nnc(-c4ccc(C)cc4)o3)c(C)c2c1. The van der Waals surface area contributed by atoms with E-state index in [1.807, 2.05) is 51.1 Å². The van der Waals surface area contributed by atoms with Crippen molar-refractivity contribution in [3.05, 3.63) is 65.2 Å². The lowest BCUT2D eigenvalue weighted by Crippen LogP contribution is -2.09. The molecule has 2 aromatic carbocycles. The molecule has 0 saturated heterocycles. The molecule has 0 fully saturated rings. The lowest BCUT2D eigenvalue weighted by molar-refractivity contribution is 0.0245. The van der Waals surface area contributed by atoms with E-state index in [4.69, 9.17) is 18.3 Å². The van der Waals surface area contributed by atoms with Gasteiger partial charge in [0.05, 0.1) is 6.61 Å². The van der Waals surface area contributed by atoms with Crippen LogP contribution < -0.4 is 4.74 Å². The molecule has 0 saturated carbocycles. The van der Waals surface area contributed by atoms with Crippen molar-refractivity contribution in [1.29, 1.82) is 0 Å². The quantitative estimate of drug-likeness (QED) is 0.395. The van der Waals surface area contributed by atoms with Crippen LogP contribution in [0, 0.1) is 13.8 Å². The number of esters is 1. The molecule has 4 rings (SSSR count). The second-order valence-electron chi connectivity index (χ2n) is 7.01. The van der Waals surface area contributed by atoms with E-state index in [0.717, 1.165) is 22.3 Å². The second-order valence-corrected chi connectivity index (χ2v) is 7.01. The molecule has 0 aliphatic heterocycles. The number of hydrogen-bond acceptors (Lipinski definition) is 7. The molecule has 30 heavy (non-hydrogen) atoms. The lowest BCUT2D eigenvalue weighted by atomic mass is 10.1. The molecular formula is C23H22N2O5. The number of hydrogen-bond donors (Lipinski definition) is 0.